The number of aromatic carboxylic acids is 1. The number of amides is 1. The zero-order valence-electron chi connectivity index (χ0n) is 16.4. The first kappa shape index (κ1) is 22.2. The summed E-state index contributed by atoms with van der Waals surface area (Å²) in [5.74, 6) is -1.36. The number of nitrogens with one attached hydrogen (secondary N) is 1. The van der Waals surface area contributed by atoms with Crippen LogP contribution in [-0.2, 0) is 0 Å². The van der Waals surface area contributed by atoms with Crippen molar-refractivity contribution in [3.63, 3.8) is 0 Å². The van der Waals surface area contributed by atoms with Gasteiger partial charge in [0.2, 0.25) is 0 Å². The van der Waals surface area contributed by atoms with Crippen LogP contribution in [0.1, 0.15) is 31.1 Å². The Balaban J connectivity index is 1.46. The molecule has 9 heteroatoms. The SMILES string of the molecule is O=C(CSc1nc2ccc(NC(=O)c3ccccc3C(=O)O)cc2s1)c1ccc(Br)cc1. The molecule has 1 aromatic heterocycles. The van der Waals surface area contributed by atoms with Gasteiger partial charge in [-0.15, -0.1) is 11.3 Å². The van der Waals surface area contributed by atoms with Crippen LogP contribution in [0.15, 0.2) is 75.5 Å². The number of fused-ring (bicyclic) bond motifs is 1. The van der Waals surface area contributed by atoms with Gasteiger partial charge in [0, 0.05) is 15.7 Å². The van der Waals surface area contributed by atoms with Crippen molar-refractivity contribution in [3.05, 3.63) is 87.9 Å². The van der Waals surface area contributed by atoms with Crippen molar-refractivity contribution >= 4 is 72.6 Å². The molecule has 4 aromatic rings. The Bertz CT molecular complexity index is 1340. The highest BCUT2D eigenvalue weighted by Gasteiger charge is 2.16. The maximum absolute atomic E-state index is 12.6. The normalized spacial score (nSPS) is 10.8. The van der Waals surface area contributed by atoms with E-state index in [-0.39, 0.29) is 22.7 Å². The van der Waals surface area contributed by atoms with Crippen LogP contribution in [-0.4, -0.2) is 33.5 Å². The highest BCUT2D eigenvalue weighted by Crippen LogP contribution is 2.32. The predicted octanol–water partition coefficient (Wildman–Crippen LogP) is 5.98. The van der Waals surface area contributed by atoms with E-state index in [1.54, 1.807) is 42.5 Å². The fourth-order valence-corrected chi connectivity index (χ4v) is 5.22. The van der Waals surface area contributed by atoms with E-state index < -0.39 is 11.9 Å². The first-order valence-corrected chi connectivity index (χ1v) is 12.0. The van der Waals surface area contributed by atoms with Gasteiger partial charge in [-0.05, 0) is 42.5 Å². The smallest absolute Gasteiger partial charge is 0.336 e. The minimum Gasteiger partial charge on any atom is -0.478 e. The quantitative estimate of drug-likeness (QED) is 0.227. The van der Waals surface area contributed by atoms with Crippen molar-refractivity contribution in [2.75, 3.05) is 11.1 Å². The number of halogens is 1. The lowest BCUT2D eigenvalue weighted by molar-refractivity contribution is 0.0692. The Labute approximate surface area is 199 Å². The van der Waals surface area contributed by atoms with Gasteiger partial charge in [-0.3, -0.25) is 9.59 Å². The Morgan fingerprint density at radius 1 is 1.00 bits per heavy atom. The number of Topliss-reactive ketones (excluding diaryl/α,β-unsaturated/α-hetero) is 1. The van der Waals surface area contributed by atoms with E-state index in [9.17, 15) is 19.5 Å². The van der Waals surface area contributed by atoms with Crippen molar-refractivity contribution in [2.24, 2.45) is 0 Å². The molecule has 0 bridgehead atoms. The summed E-state index contributed by atoms with van der Waals surface area (Å²) in [6.45, 7) is 0. The topological polar surface area (TPSA) is 96.4 Å². The van der Waals surface area contributed by atoms with E-state index in [1.807, 2.05) is 12.1 Å². The highest BCUT2D eigenvalue weighted by molar-refractivity contribution is 9.10. The molecular weight excluding hydrogens is 512 g/mol. The molecule has 0 aliphatic rings. The number of carbonyl (C=O) groups is 3. The van der Waals surface area contributed by atoms with Crippen molar-refractivity contribution in [1.29, 1.82) is 0 Å². The molecule has 0 aliphatic carbocycles. The lowest BCUT2D eigenvalue weighted by Gasteiger charge is -2.07. The van der Waals surface area contributed by atoms with Crippen LogP contribution in [0.2, 0.25) is 0 Å². The van der Waals surface area contributed by atoms with E-state index in [4.69, 9.17) is 0 Å². The lowest BCUT2D eigenvalue weighted by Crippen LogP contribution is -2.16. The van der Waals surface area contributed by atoms with E-state index in [0.29, 0.717) is 11.3 Å². The number of thioether (sulfide) groups is 1. The van der Waals surface area contributed by atoms with Gasteiger partial charge in [0.05, 0.1) is 27.1 Å². The monoisotopic (exact) mass is 526 g/mol. The predicted molar refractivity (Wildman–Crippen MR) is 130 cm³/mol. The Morgan fingerprint density at radius 3 is 2.44 bits per heavy atom. The number of carboxylic acids is 1. The average Bonchev–Trinajstić information content (AvgIpc) is 3.20. The number of rotatable bonds is 7. The van der Waals surface area contributed by atoms with Gasteiger partial charge in [-0.25, -0.2) is 9.78 Å². The maximum Gasteiger partial charge on any atom is 0.336 e. The molecule has 3 aromatic carbocycles. The molecule has 1 amide bonds. The van der Waals surface area contributed by atoms with Gasteiger partial charge in [0.15, 0.2) is 10.1 Å². The van der Waals surface area contributed by atoms with Crippen LogP contribution in [0.25, 0.3) is 10.2 Å². The fourth-order valence-electron chi connectivity index (χ4n) is 2.96. The third-order valence-corrected chi connectivity index (χ3v) is 7.21. The summed E-state index contributed by atoms with van der Waals surface area (Å²) in [6, 6.07) is 18.6. The number of benzene rings is 3. The van der Waals surface area contributed by atoms with Gasteiger partial charge in [-0.2, -0.15) is 0 Å². The number of thiazole rings is 1. The van der Waals surface area contributed by atoms with Crippen molar-refractivity contribution in [2.45, 2.75) is 4.34 Å². The maximum atomic E-state index is 12.6. The molecule has 4 rings (SSSR count). The van der Waals surface area contributed by atoms with Crippen LogP contribution in [0, 0.1) is 0 Å². The van der Waals surface area contributed by atoms with Gasteiger partial charge >= 0.3 is 5.97 Å². The van der Waals surface area contributed by atoms with Crippen LogP contribution >= 0.6 is 39.0 Å². The number of carboxylic acid groups (broad SMARTS) is 1. The molecule has 1 heterocycles. The van der Waals surface area contributed by atoms with E-state index in [1.165, 1.54) is 35.2 Å². The number of anilines is 1. The third-order valence-electron chi connectivity index (χ3n) is 4.52. The zero-order chi connectivity index (χ0) is 22.7. The number of carbonyl (C=O) groups excluding carboxylic acids is 2. The summed E-state index contributed by atoms with van der Waals surface area (Å²) in [4.78, 5) is 40.9. The molecule has 0 fully saturated rings. The van der Waals surface area contributed by atoms with Crippen molar-refractivity contribution < 1.29 is 19.5 Å². The minimum absolute atomic E-state index is 0.0202. The van der Waals surface area contributed by atoms with E-state index in [0.717, 1.165) is 19.0 Å². The number of nitrogens with zero attached hydrogens (tertiary/aromatic N) is 1. The van der Waals surface area contributed by atoms with Gasteiger partial charge < -0.3 is 10.4 Å². The van der Waals surface area contributed by atoms with Crippen LogP contribution in [0.5, 0.6) is 0 Å². The summed E-state index contributed by atoms with van der Waals surface area (Å²) >= 11 is 6.15. The third kappa shape index (κ3) is 5.07. The van der Waals surface area contributed by atoms with Crippen LogP contribution in [0.4, 0.5) is 5.69 Å². The summed E-state index contributed by atoms with van der Waals surface area (Å²) in [5.41, 5.74) is 1.98. The minimum atomic E-state index is -1.16. The molecule has 0 aliphatic heterocycles. The molecule has 0 saturated heterocycles. The highest BCUT2D eigenvalue weighted by atomic mass is 79.9. The molecule has 6 nitrogen and oxygen atoms in total. The van der Waals surface area contributed by atoms with Crippen molar-refractivity contribution in [3.8, 4) is 0 Å². The first-order chi connectivity index (χ1) is 15.4. The van der Waals surface area contributed by atoms with Crippen LogP contribution < -0.4 is 5.32 Å². The molecule has 160 valence electrons. The standard InChI is InChI=1S/C23H15BrN2O4S2/c24-14-7-5-13(6-8-14)19(27)12-31-23-26-18-10-9-15(11-20(18)32-23)25-21(28)16-3-1-2-4-17(16)22(29)30/h1-11H,12H2,(H,25,28)(H,29,30). The van der Waals surface area contributed by atoms with E-state index in [2.05, 4.69) is 26.2 Å². The second-order valence-electron chi connectivity index (χ2n) is 6.69. The second kappa shape index (κ2) is 9.64. The summed E-state index contributed by atoms with van der Waals surface area (Å²) in [5, 5.41) is 12.0. The number of aromatic nitrogens is 1. The number of ketones is 1. The molecule has 32 heavy (non-hydrogen) atoms. The molecule has 0 unspecified atom stereocenters. The Kier molecular flexibility index (Phi) is 6.69. The molecule has 0 atom stereocenters. The largest absolute Gasteiger partial charge is 0.478 e. The fraction of sp³-hybridized carbons (Fsp3) is 0.0435. The number of hydrogen-bond acceptors (Lipinski definition) is 6. The molecule has 2 N–H and O–H groups in total. The number of hydrogen-bond donors (Lipinski definition) is 2. The molecule has 0 saturated carbocycles. The molecule has 0 radical (unpaired) electrons. The average molecular weight is 527 g/mol. The first-order valence-electron chi connectivity index (χ1n) is 9.36. The van der Waals surface area contributed by atoms with Crippen molar-refractivity contribution in [1.82, 2.24) is 4.98 Å². The molecule has 0 spiro atoms. The second-order valence-corrected chi connectivity index (χ2v) is 9.85. The Hall–Kier alpha value is -3.01. The summed E-state index contributed by atoms with van der Waals surface area (Å²) < 4.78 is 2.53. The Morgan fingerprint density at radius 2 is 1.72 bits per heavy atom. The van der Waals surface area contributed by atoms with Crippen LogP contribution in [0.3, 0.4) is 0 Å². The zero-order valence-corrected chi connectivity index (χ0v) is 19.6. The molecular formula is C23H15BrN2O4S2. The van der Waals surface area contributed by atoms with Gasteiger partial charge in [-0.1, -0.05) is 52.0 Å². The van der Waals surface area contributed by atoms with E-state index >= 15 is 0 Å². The lowest BCUT2D eigenvalue weighted by atomic mass is 10.1. The van der Waals surface area contributed by atoms with Gasteiger partial charge in [0.1, 0.15) is 0 Å². The van der Waals surface area contributed by atoms with Gasteiger partial charge in [0.25, 0.3) is 5.91 Å². The summed E-state index contributed by atoms with van der Waals surface area (Å²) in [6.07, 6.45) is 0. The summed E-state index contributed by atoms with van der Waals surface area (Å²) in [7, 11) is 0.